The molecule has 0 saturated carbocycles. The predicted molar refractivity (Wildman–Crippen MR) is 90.5 cm³/mol. The van der Waals surface area contributed by atoms with Crippen LogP contribution in [0.1, 0.15) is 46.1 Å². The lowest BCUT2D eigenvalue weighted by molar-refractivity contribution is -0.137. The molecule has 0 aliphatic rings. The van der Waals surface area contributed by atoms with Crippen molar-refractivity contribution in [1.82, 2.24) is 0 Å². The number of anilines is 1. The van der Waals surface area contributed by atoms with Crippen LogP contribution in [0.4, 0.5) is 5.69 Å². The summed E-state index contributed by atoms with van der Waals surface area (Å²) in [6.07, 6.45) is 1.64. The Morgan fingerprint density at radius 3 is 2.55 bits per heavy atom. The Morgan fingerprint density at radius 2 is 2.05 bits per heavy atom. The maximum atomic E-state index is 12.5. The number of aryl methyl sites for hydroxylation is 1. The average Bonchev–Trinajstić information content (AvgIpc) is 2.45. The van der Waals surface area contributed by atoms with Gasteiger partial charge in [-0.15, -0.1) is 0 Å². The van der Waals surface area contributed by atoms with E-state index < -0.39 is 5.60 Å². The Hall–Kier alpha value is -1.55. The highest BCUT2D eigenvalue weighted by Crippen LogP contribution is 2.25. The number of hydrogen-bond donors (Lipinski definition) is 1. The van der Waals surface area contributed by atoms with Crippen molar-refractivity contribution in [3.63, 3.8) is 0 Å². The molecule has 1 atom stereocenters. The zero-order valence-corrected chi connectivity index (χ0v) is 14.7. The Bertz CT molecular complexity index is 499. The number of methoxy groups -OCH3 is 1. The molecular weight excluding hydrogens is 278 g/mol. The largest absolute Gasteiger partial charge is 0.493 e. The molecule has 1 aromatic rings. The van der Waals surface area contributed by atoms with Gasteiger partial charge in [-0.25, -0.2) is 0 Å². The molecule has 124 valence electrons. The van der Waals surface area contributed by atoms with E-state index in [0.29, 0.717) is 18.9 Å². The highest BCUT2D eigenvalue weighted by atomic mass is 16.5. The zero-order chi connectivity index (χ0) is 16.8. The SMILES string of the molecule is CCCOc1ccc(NC(=O)[C@](C)(CC(C)C)OC)cc1C. The highest BCUT2D eigenvalue weighted by molar-refractivity contribution is 5.97. The molecule has 22 heavy (non-hydrogen) atoms. The Kier molecular flexibility index (Phi) is 6.88. The summed E-state index contributed by atoms with van der Waals surface area (Å²) in [4.78, 5) is 12.5. The third-order valence-electron chi connectivity index (χ3n) is 3.62. The summed E-state index contributed by atoms with van der Waals surface area (Å²) in [6, 6.07) is 5.68. The molecule has 1 amide bonds. The highest BCUT2D eigenvalue weighted by Gasteiger charge is 2.33. The van der Waals surface area contributed by atoms with Crippen LogP contribution in [-0.2, 0) is 9.53 Å². The van der Waals surface area contributed by atoms with Gasteiger partial charge in [-0.1, -0.05) is 20.8 Å². The van der Waals surface area contributed by atoms with Gasteiger partial charge in [0.2, 0.25) is 0 Å². The van der Waals surface area contributed by atoms with Crippen LogP contribution in [0.5, 0.6) is 5.75 Å². The number of nitrogens with one attached hydrogen (secondary N) is 1. The first-order chi connectivity index (χ1) is 10.3. The number of carbonyl (C=O) groups excluding carboxylic acids is 1. The molecule has 0 heterocycles. The number of amides is 1. The quantitative estimate of drug-likeness (QED) is 0.784. The third-order valence-corrected chi connectivity index (χ3v) is 3.62. The van der Waals surface area contributed by atoms with E-state index in [1.807, 2.05) is 32.0 Å². The van der Waals surface area contributed by atoms with E-state index in [9.17, 15) is 4.79 Å². The summed E-state index contributed by atoms with van der Waals surface area (Å²) in [6.45, 7) is 10.7. The molecular formula is C18H29NO3. The van der Waals surface area contributed by atoms with Gasteiger partial charge in [-0.3, -0.25) is 4.79 Å². The van der Waals surface area contributed by atoms with Crippen molar-refractivity contribution < 1.29 is 14.3 Å². The van der Waals surface area contributed by atoms with Crippen LogP contribution in [0, 0.1) is 12.8 Å². The van der Waals surface area contributed by atoms with Crippen molar-refractivity contribution in [3.8, 4) is 5.75 Å². The van der Waals surface area contributed by atoms with Gasteiger partial charge in [0.1, 0.15) is 11.4 Å². The van der Waals surface area contributed by atoms with Crippen LogP contribution in [0.15, 0.2) is 18.2 Å². The molecule has 0 bridgehead atoms. The van der Waals surface area contributed by atoms with Gasteiger partial charge in [0.05, 0.1) is 6.61 Å². The number of hydrogen-bond acceptors (Lipinski definition) is 3. The lowest BCUT2D eigenvalue weighted by Gasteiger charge is -2.28. The summed E-state index contributed by atoms with van der Waals surface area (Å²) in [7, 11) is 1.58. The van der Waals surface area contributed by atoms with Crippen molar-refractivity contribution in [3.05, 3.63) is 23.8 Å². The number of rotatable bonds is 8. The topological polar surface area (TPSA) is 47.6 Å². The summed E-state index contributed by atoms with van der Waals surface area (Å²) in [5.74, 6) is 1.11. The van der Waals surface area contributed by atoms with Gasteiger partial charge < -0.3 is 14.8 Å². The standard InChI is InChI=1S/C18H29NO3/c1-7-10-22-16-9-8-15(11-14(16)4)19-17(20)18(5,21-6)12-13(2)3/h8-9,11,13H,7,10,12H2,1-6H3,(H,19,20)/t18-/m0/s1. The lowest BCUT2D eigenvalue weighted by Crippen LogP contribution is -2.43. The fourth-order valence-electron chi connectivity index (χ4n) is 2.41. The minimum atomic E-state index is -0.820. The van der Waals surface area contributed by atoms with Crippen molar-refractivity contribution in [2.24, 2.45) is 5.92 Å². The number of carbonyl (C=O) groups is 1. The fraction of sp³-hybridized carbons (Fsp3) is 0.611. The van der Waals surface area contributed by atoms with E-state index in [2.05, 4.69) is 26.1 Å². The van der Waals surface area contributed by atoms with Gasteiger partial charge in [0.25, 0.3) is 5.91 Å². The van der Waals surface area contributed by atoms with Crippen LogP contribution in [0.3, 0.4) is 0 Å². The molecule has 0 aliphatic heterocycles. The van der Waals surface area contributed by atoms with Crippen LogP contribution in [0.25, 0.3) is 0 Å². The second kappa shape index (κ2) is 8.18. The summed E-state index contributed by atoms with van der Waals surface area (Å²) in [5.41, 5.74) is 0.951. The van der Waals surface area contributed by atoms with Crippen LogP contribution >= 0.6 is 0 Å². The van der Waals surface area contributed by atoms with Gasteiger partial charge in [-0.05, 0) is 56.4 Å². The molecule has 0 unspecified atom stereocenters. The van der Waals surface area contributed by atoms with E-state index >= 15 is 0 Å². The van der Waals surface area contributed by atoms with Crippen molar-refractivity contribution in [2.75, 3.05) is 19.0 Å². The Balaban J connectivity index is 2.81. The van der Waals surface area contributed by atoms with Gasteiger partial charge in [-0.2, -0.15) is 0 Å². The monoisotopic (exact) mass is 307 g/mol. The molecule has 4 nitrogen and oxygen atoms in total. The van der Waals surface area contributed by atoms with Gasteiger partial charge in [0.15, 0.2) is 0 Å². The van der Waals surface area contributed by atoms with Crippen LogP contribution in [-0.4, -0.2) is 25.2 Å². The minimum Gasteiger partial charge on any atom is -0.493 e. The first kappa shape index (κ1) is 18.5. The first-order valence-electron chi connectivity index (χ1n) is 7.92. The van der Waals surface area contributed by atoms with E-state index in [1.54, 1.807) is 7.11 Å². The molecule has 0 aromatic heterocycles. The summed E-state index contributed by atoms with van der Waals surface area (Å²) >= 11 is 0. The zero-order valence-electron chi connectivity index (χ0n) is 14.7. The van der Waals surface area contributed by atoms with Crippen molar-refractivity contribution in [1.29, 1.82) is 0 Å². The molecule has 4 heteroatoms. The van der Waals surface area contributed by atoms with E-state index in [0.717, 1.165) is 23.4 Å². The van der Waals surface area contributed by atoms with E-state index in [-0.39, 0.29) is 5.91 Å². The van der Waals surface area contributed by atoms with Gasteiger partial charge >= 0.3 is 0 Å². The maximum Gasteiger partial charge on any atom is 0.256 e. The predicted octanol–water partition coefficient (Wildman–Crippen LogP) is 4.17. The third kappa shape index (κ3) is 5.02. The smallest absolute Gasteiger partial charge is 0.256 e. The second-order valence-corrected chi connectivity index (χ2v) is 6.32. The van der Waals surface area contributed by atoms with Crippen LogP contribution in [0.2, 0.25) is 0 Å². The molecule has 0 aliphatic carbocycles. The van der Waals surface area contributed by atoms with Crippen molar-refractivity contribution in [2.45, 2.75) is 53.1 Å². The van der Waals surface area contributed by atoms with Crippen molar-refractivity contribution >= 4 is 11.6 Å². The van der Waals surface area contributed by atoms with E-state index in [1.165, 1.54) is 0 Å². The van der Waals surface area contributed by atoms with Crippen LogP contribution < -0.4 is 10.1 Å². The molecule has 0 radical (unpaired) electrons. The molecule has 1 N–H and O–H groups in total. The molecule has 0 saturated heterocycles. The molecule has 1 aromatic carbocycles. The van der Waals surface area contributed by atoms with E-state index in [4.69, 9.17) is 9.47 Å². The molecule has 0 spiro atoms. The molecule has 0 fully saturated rings. The number of ether oxygens (including phenoxy) is 2. The second-order valence-electron chi connectivity index (χ2n) is 6.32. The van der Waals surface area contributed by atoms with Gasteiger partial charge in [0, 0.05) is 12.8 Å². The minimum absolute atomic E-state index is 0.120. The Labute approximate surface area is 134 Å². The number of benzene rings is 1. The average molecular weight is 307 g/mol. The Morgan fingerprint density at radius 1 is 1.36 bits per heavy atom. The molecule has 1 rings (SSSR count). The fourth-order valence-corrected chi connectivity index (χ4v) is 2.41. The first-order valence-corrected chi connectivity index (χ1v) is 7.92. The maximum absolute atomic E-state index is 12.5. The lowest BCUT2D eigenvalue weighted by atomic mass is 9.93. The summed E-state index contributed by atoms with van der Waals surface area (Å²) < 4.78 is 11.1. The normalized spacial score (nSPS) is 13.8. The summed E-state index contributed by atoms with van der Waals surface area (Å²) in [5, 5.41) is 2.94.